The van der Waals surface area contributed by atoms with Crippen molar-refractivity contribution in [1.82, 2.24) is 35.6 Å². The summed E-state index contributed by atoms with van der Waals surface area (Å²) in [5, 5.41) is 29.3. The first-order valence-corrected chi connectivity index (χ1v) is 11.4. The average Bonchev–Trinajstić information content (AvgIpc) is 3.53. The normalized spacial score (nSPS) is 11.2. The lowest BCUT2D eigenvalue weighted by Crippen LogP contribution is -2.21. The highest BCUT2D eigenvalue weighted by molar-refractivity contribution is 7.19. The number of amides is 1. The van der Waals surface area contributed by atoms with E-state index in [4.69, 9.17) is 15.2 Å². The lowest BCUT2D eigenvalue weighted by Gasteiger charge is -2.15. The maximum atomic E-state index is 11.5. The number of hydroxylamine groups is 1. The second-order valence-electron chi connectivity index (χ2n) is 7.68. The number of hydrogen-bond donors (Lipinski definition) is 5. The van der Waals surface area contributed by atoms with E-state index in [1.807, 2.05) is 36.2 Å². The Kier molecular flexibility index (Phi) is 6.18. The van der Waals surface area contributed by atoms with Crippen LogP contribution in [0.3, 0.4) is 0 Å². The Morgan fingerprint density at radius 3 is 2.80 bits per heavy atom. The van der Waals surface area contributed by atoms with Gasteiger partial charge in [0.2, 0.25) is 5.95 Å². The average molecular weight is 492 g/mol. The van der Waals surface area contributed by atoms with Crippen LogP contribution in [0.1, 0.15) is 15.2 Å². The molecule has 12 nitrogen and oxygen atoms in total. The molecule has 1 aromatic carbocycles. The summed E-state index contributed by atoms with van der Waals surface area (Å²) in [5.41, 5.74) is 4.24. The van der Waals surface area contributed by atoms with Gasteiger partial charge in [0.05, 0.1) is 40.6 Å². The number of hydrogen-bond acceptors (Lipinski definition) is 11. The Morgan fingerprint density at radius 2 is 2.03 bits per heavy atom. The van der Waals surface area contributed by atoms with Gasteiger partial charge in [0.15, 0.2) is 5.82 Å². The number of benzene rings is 1. The highest BCUT2D eigenvalue weighted by Crippen LogP contribution is 2.34. The largest absolute Gasteiger partial charge is 0.395 e. The van der Waals surface area contributed by atoms with Crippen molar-refractivity contribution in [3.8, 4) is 11.4 Å². The number of H-pyrrole nitrogens is 1. The molecule has 0 fully saturated rings. The van der Waals surface area contributed by atoms with E-state index in [0.29, 0.717) is 30.7 Å². The number of aromatic nitrogens is 6. The summed E-state index contributed by atoms with van der Waals surface area (Å²) in [4.78, 5) is 32.3. The smallest absolute Gasteiger partial charge is 0.277 e. The minimum absolute atomic E-state index is 0.0270. The molecule has 5 N–H and O–H groups in total. The van der Waals surface area contributed by atoms with E-state index >= 15 is 0 Å². The third-order valence-corrected chi connectivity index (χ3v) is 6.40. The number of aromatic amines is 1. The van der Waals surface area contributed by atoms with E-state index < -0.39 is 5.91 Å². The van der Waals surface area contributed by atoms with Gasteiger partial charge in [0.1, 0.15) is 5.82 Å². The maximum Gasteiger partial charge on any atom is 0.277 e. The van der Waals surface area contributed by atoms with Crippen LogP contribution < -0.4 is 15.7 Å². The standard InChI is InChI=1S/C22H21N9O3S/c1-31(22-24-8-12(9-25-22)21(33)30-34)11-13-7-17-18(35-13)20(23-5-6-32)28-19(27-17)14-3-2-4-16-15(14)10-26-29-16/h2-4,7-10,32,34H,5-6,11H2,1H3,(H,26,29)(H,30,33)(H,23,27,28). The predicted octanol–water partition coefficient (Wildman–Crippen LogP) is 2.18. The SMILES string of the molecule is CN(Cc1cc2nc(-c3cccc4[nH]ncc34)nc(NCCO)c2s1)c1ncc(C(=O)NO)cn1. The van der Waals surface area contributed by atoms with Gasteiger partial charge in [0.25, 0.3) is 5.91 Å². The van der Waals surface area contributed by atoms with Crippen molar-refractivity contribution in [2.24, 2.45) is 0 Å². The lowest BCUT2D eigenvalue weighted by molar-refractivity contribution is 0.0705. The fraction of sp³-hybridized carbons (Fsp3) is 0.182. The first-order valence-electron chi connectivity index (χ1n) is 10.6. The van der Waals surface area contributed by atoms with E-state index in [2.05, 4.69) is 25.5 Å². The number of fused-ring (bicyclic) bond motifs is 2. The van der Waals surface area contributed by atoms with Crippen LogP contribution in [0.4, 0.5) is 11.8 Å². The third kappa shape index (κ3) is 4.47. The zero-order valence-electron chi connectivity index (χ0n) is 18.6. The summed E-state index contributed by atoms with van der Waals surface area (Å²) < 4.78 is 0.876. The van der Waals surface area contributed by atoms with Crippen molar-refractivity contribution in [2.75, 3.05) is 30.4 Å². The van der Waals surface area contributed by atoms with Crippen molar-refractivity contribution in [1.29, 1.82) is 0 Å². The van der Waals surface area contributed by atoms with E-state index in [0.717, 1.165) is 31.6 Å². The summed E-state index contributed by atoms with van der Waals surface area (Å²) in [6.07, 6.45) is 4.45. The maximum absolute atomic E-state index is 11.5. The van der Waals surface area contributed by atoms with Crippen LogP contribution in [0.2, 0.25) is 0 Å². The van der Waals surface area contributed by atoms with Crippen LogP contribution in [0.5, 0.6) is 0 Å². The van der Waals surface area contributed by atoms with E-state index in [1.165, 1.54) is 23.7 Å². The number of carbonyl (C=O) groups excluding carboxylic acids is 1. The number of carbonyl (C=O) groups is 1. The zero-order valence-corrected chi connectivity index (χ0v) is 19.4. The van der Waals surface area contributed by atoms with Crippen LogP contribution in [0, 0.1) is 0 Å². The number of rotatable bonds is 8. The fourth-order valence-corrected chi connectivity index (χ4v) is 4.75. The second kappa shape index (κ2) is 9.58. The number of thiophene rings is 1. The quantitative estimate of drug-likeness (QED) is 0.160. The van der Waals surface area contributed by atoms with E-state index in [-0.39, 0.29) is 12.2 Å². The molecule has 0 aliphatic carbocycles. The van der Waals surface area contributed by atoms with Crippen LogP contribution in [-0.2, 0) is 6.54 Å². The second-order valence-corrected chi connectivity index (χ2v) is 8.82. The molecule has 0 atom stereocenters. The zero-order chi connectivity index (χ0) is 24.4. The third-order valence-electron chi connectivity index (χ3n) is 5.29. The number of nitrogens with zero attached hydrogens (tertiary/aromatic N) is 6. The molecule has 1 amide bonds. The van der Waals surface area contributed by atoms with Gasteiger partial charge < -0.3 is 15.3 Å². The Balaban J connectivity index is 1.48. The highest BCUT2D eigenvalue weighted by Gasteiger charge is 2.17. The molecule has 5 rings (SSSR count). The Morgan fingerprint density at radius 1 is 1.20 bits per heavy atom. The Hall–Kier alpha value is -4.20. The van der Waals surface area contributed by atoms with Gasteiger partial charge in [-0.2, -0.15) is 5.10 Å². The van der Waals surface area contributed by atoms with Gasteiger partial charge >= 0.3 is 0 Å². The number of anilines is 2. The molecule has 0 bridgehead atoms. The molecule has 4 heterocycles. The summed E-state index contributed by atoms with van der Waals surface area (Å²) in [6.45, 7) is 0.829. The molecular weight excluding hydrogens is 470 g/mol. The number of aliphatic hydroxyl groups is 1. The van der Waals surface area contributed by atoms with Gasteiger partial charge in [-0.25, -0.2) is 25.4 Å². The van der Waals surface area contributed by atoms with Crippen molar-refractivity contribution in [3.63, 3.8) is 0 Å². The summed E-state index contributed by atoms with van der Waals surface area (Å²) >= 11 is 1.54. The highest BCUT2D eigenvalue weighted by atomic mass is 32.1. The molecule has 35 heavy (non-hydrogen) atoms. The van der Waals surface area contributed by atoms with Crippen LogP contribution >= 0.6 is 11.3 Å². The van der Waals surface area contributed by atoms with Crippen molar-refractivity contribution in [2.45, 2.75) is 6.54 Å². The molecule has 178 valence electrons. The first-order chi connectivity index (χ1) is 17.1. The summed E-state index contributed by atoms with van der Waals surface area (Å²) in [7, 11) is 1.84. The monoisotopic (exact) mass is 491 g/mol. The van der Waals surface area contributed by atoms with Crippen LogP contribution in [0.15, 0.2) is 42.9 Å². The number of nitrogens with one attached hydrogen (secondary N) is 3. The molecule has 0 saturated heterocycles. The van der Waals surface area contributed by atoms with Crippen molar-refractivity contribution < 1.29 is 15.1 Å². The van der Waals surface area contributed by atoms with Crippen molar-refractivity contribution >= 4 is 50.1 Å². The molecule has 0 aliphatic rings. The Labute approximate surface area is 202 Å². The predicted molar refractivity (Wildman–Crippen MR) is 131 cm³/mol. The topological polar surface area (TPSA) is 165 Å². The van der Waals surface area contributed by atoms with Gasteiger partial charge in [0, 0.05) is 41.8 Å². The van der Waals surface area contributed by atoms with Gasteiger partial charge in [-0.3, -0.25) is 15.1 Å². The summed E-state index contributed by atoms with van der Waals surface area (Å²) in [6, 6.07) is 7.81. The molecule has 0 saturated carbocycles. The fourth-order valence-electron chi connectivity index (χ4n) is 3.64. The van der Waals surface area contributed by atoms with Gasteiger partial charge in [-0.05, 0) is 12.1 Å². The number of aliphatic hydroxyl groups excluding tert-OH is 1. The Bertz CT molecular complexity index is 1500. The summed E-state index contributed by atoms with van der Waals surface area (Å²) in [5.74, 6) is 0.957. The molecule has 0 unspecified atom stereocenters. The lowest BCUT2D eigenvalue weighted by atomic mass is 10.1. The molecule has 0 radical (unpaired) electrons. The molecule has 4 aromatic heterocycles. The van der Waals surface area contributed by atoms with Gasteiger partial charge in [-0.15, -0.1) is 11.3 Å². The minimum atomic E-state index is -0.674. The van der Waals surface area contributed by atoms with Crippen LogP contribution in [0.25, 0.3) is 32.5 Å². The molecule has 0 spiro atoms. The van der Waals surface area contributed by atoms with E-state index in [9.17, 15) is 9.90 Å². The van der Waals surface area contributed by atoms with Crippen molar-refractivity contribution in [3.05, 3.63) is 53.3 Å². The molecule has 0 aliphatic heterocycles. The van der Waals surface area contributed by atoms with E-state index in [1.54, 1.807) is 11.7 Å². The molecule has 5 aromatic rings. The minimum Gasteiger partial charge on any atom is -0.395 e. The van der Waals surface area contributed by atoms with Gasteiger partial charge in [-0.1, -0.05) is 12.1 Å². The first kappa shape index (κ1) is 22.6. The molecule has 13 heteroatoms. The molecular formula is C22H21N9O3S. The van der Waals surface area contributed by atoms with Crippen LogP contribution in [-0.4, -0.2) is 66.6 Å².